The first-order valence-electron chi connectivity index (χ1n) is 8.33. The molecule has 0 radical (unpaired) electrons. The number of aryl methyl sites for hydroxylation is 1. The number of anilines is 3. The molecule has 0 saturated heterocycles. The van der Waals surface area contributed by atoms with Crippen LogP contribution in [0, 0.1) is 6.92 Å². The number of rotatable bonds is 6. The third-order valence-corrected chi connectivity index (χ3v) is 4.59. The molecule has 0 bridgehead atoms. The fourth-order valence-electron chi connectivity index (χ4n) is 2.46. The van der Waals surface area contributed by atoms with Gasteiger partial charge in [0.05, 0.1) is 12.7 Å². The summed E-state index contributed by atoms with van der Waals surface area (Å²) >= 11 is 3.35. The second-order valence-corrected chi connectivity index (χ2v) is 6.73. The smallest absolute Gasteiger partial charge is 0.339 e. The Morgan fingerprint density at radius 2 is 1.96 bits per heavy atom. The van der Waals surface area contributed by atoms with Gasteiger partial charge in [-0.25, -0.2) is 9.78 Å². The van der Waals surface area contributed by atoms with Crippen molar-refractivity contribution in [2.75, 3.05) is 17.7 Å². The van der Waals surface area contributed by atoms with Crippen molar-refractivity contribution in [3.8, 4) is 0 Å². The van der Waals surface area contributed by atoms with Crippen molar-refractivity contribution < 1.29 is 9.53 Å². The second-order valence-electron chi connectivity index (χ2n) is 5.88. The number of methoxy groups -OCH3 is 1. The van der Waals surface area contributed by atoms with Crippen LogP contribution in [0.4, 0.5) is 17.5 Å². The Bertz CT molecular complexity index is 948. The number of carbonyl (C=O) groups is 1. The van der Waals surface area contributed by atoms with E-state index in [1.807, 2.05) is 31.2 Å². The van der Waals surface area contributed by atoms with Gasteiger partial charge in [0.25, 0.3) is 0 Å². The van der Waals surface area contributed by atoms with Gasteiger partial charge in [0, 0.05) is 28.5 Å². The van der Waals surface area contributed by atoms with Gasteiger partial charge in [0.2, 0.25) is 5.95 Å². The van der Waals surface area contributed by atoms with Gasteiger partial charge in [-0.2, -0.15) is 4.98 Å². The van der Waals surface area contributed by atoms with E-state index in [-0.39, 0.29) is 0 Å². The molecule has 1 heterocycles. The predicted molar refractivity (Wildman–Crippen MR) is 109 cm³/mol. The standard InChI is InChI=1S/C20H19BrN4O2/c1-13-11-23-20(25-18(13)22-12-14-6-4-3-5-7-14)24-15-8-9-17(21)16(10-15)19(26)27-2/h3-11H,12H2,1-2H3,(H2,22,23,24,25). The molecule has 0 saturated carbocycles. The minimum atomic E-state index is -0.416. The van der Waals surface area contributed by atoms with Crippen molar-refractivity contribution in [2.24, 2.45) is 0 Å². The Hall–Kier alpha value is -2.93. The lowest BCUT2D eigenvalue weighted by Crippen LogP contribution is -2.07. The molecule has 2 aromatic carbocycles. The number of nitrogens with one attached hydrogen (secondary N) is 2. The first-order valence-corrected chi connectivity index (χ1v) is 9.12. The van der Waals surface area contributed by atoms with Crippen LogP contribution in [-0.2, 0) is 11.3 Å². The molecule has 7 heteroatoms. The first-order chi connectivity index (χ1) is 13.1. The number of nitrogens with zero attached hydrogens (tertiary/aromatic N) is 2. The predicted octanol–water partition coefficient (Wildman–Crippen LogP) is 4.69. The van der Waals surface area contributed by atoms with Crippen LogP contribution in [0.1, 0.15) is 21.5 Å². The lowest BCUT2D eigenvalue weighted by atomic mass is 10.2. The summed E-state index contributed by atoms with van der Waals surface area (Å²) in [6, 6.07) is 15.4. The minimum absolute atomic E-state index is 0.416. The van der Waals surface area contributed by atoms with Crippen LogP contribution in [0.3, 0.4) is 0 Å². The van der Waals surface area contributed by atoms with E-state index in [0.717, 1.165) is 11.4 Å². The largest absolute Gasteiger partial charge is 0.465 e. The van der Waals surface area contributed by atoms with Crippen molar-refractivity contribution in [1.82, 2.24) is 9.97 Å². The molecule has 0 aliphatic heterocycles. The summed E-state index contributed by atoms with van der Waals surface area (Å²) in [5, 5.41) is 6.46. The number of hydrogen-bond acceptors (Lipinski definition) is 6. The summed E-state index contributed by atoms with van der Waals surface area (Å²) < 4.78 is 5.46. The Balaban J connectivity index is 1.77. The maximum absolute atomic E-state index is 11.8. The molecule has 0 spiro atoms. The summed E-state index contributed by atoms with van der Waals surface area (Å²) in [6.07, 6.45) is 1.75. The number of carbonyl (C=O) groups excluding carboxylic acids is 1. The van der Waals surface area contributed by atoms with Crippen molar-refractivity contribution in [2.45, 2.75) is 13.5 Å². The van der Waals surface area contributed by atoms with Gasteiger partial charge in [0.15, 0.2) is 0 Å². The number of halogens is 1. The summed E-state index contributed by atoms with van der Waals surface area (Å²) in [5.41, 5.74) is 3.23. The molecule has 0 atom stereocenters. The number of aromatic nitrogens is 2. The van der Waals surface area contributed by atoms with Gasteiger partial charge in [-0.1, -0.05) is 30.3 Å². The maximum atomic E-state index is 11.8. The van der Waals surface area contributed by atoms with Crippen LogP contribution in [0.5, 0.6) is 0 Å². The fourth-order valence-corrected chi connectivity index (χ4v) is 2.87. The molecule has 2 N–H and O–H groups in total. The lowest BCUT2D eigenvalue weighted by Gasteiger charge is -2.12. The molecule has 3 rings (SSSR count). The maximum Gasteiger partial charge on any atom is 0.339 e. The third kappa shape index (κ3) is 4.83. The van der Waals surface area contributed by atoms with Gasteiger partial charge in [-0.15, -0.1) is 0 Å². The van der Waals surface area contributed by atoms with Crippen molar-refractivity contribution in [3.63, 3.8) is 0 Å². The number of ether oxygens (including phenoxy) is 1. The number of benzene rings is 2. The van der Waals surface area contributed by atoms with Gasteiger partial charge >= 0.3 is 5.97 Å². The summed E-state index contributed by atoms with van der Waals surface area (Å²) in [4.78, 5) is 20.7. The third-order valence-electron chi connectivity index (χ3n) is 3.90. The average Bonchev–Trinajstić information content (AvgIpc) is 2.70. The van der Waals surface area contributed by atoms with E-state index in [4.69, 9.17) is 4.74 Å². The van der Waals surface area contributed by atoms with Gasteiger partial charge < -0.3 is 15.4 Å². The SMILES string of the molecule is COC(=O)c1cc(Nc2ncc(C)c(NCc3ccccc3)n2)ccc1Br. The zero-order chi connectivity index (χ0) is 19.2. The summed E-state index contributed by atoms with van der Waals surface area (Å²) in [7, 11) is 1.35. The highest BCUT2D eigenvalue weighted by molar-refractivity contribution is 9.10. The zero-order valence-electron chi connectivity index (χ0n) is 15.0. The molecule has 6 nitrogen and oxygen atoms in total. The molecule has 0 aliphatic carbocycles. The molecule has 0 unspecified atom stereocenters. The van der Waals surface area contributed by atoms with Crippen LogP contribution < -0.4 is 10.6 Å². The van der Waals surface area contributed by atoms with E-state index in [9.17, 15) is 4.79 Å². The van der Waals surface area contributed by atoms with E-state index in [1.54, 1.807) is 18.3 Å². The van der Waals surface area contributed by atoms with Crippen LogP contribution in [0.15, 0.2) is 59.2 Å². The highest BCUT2D eigenvalue weighted by Gasteiger charge is 2.12. The second kappa shape index (κ2) is 8.64. The van der Waals surface area contributed by atoms with Gasteiger partial charge in [-0.05, 0) is 46.6 Å². The zero-order valence-corrected chi connectivity index (χ0v) is 16.6. The van der Waals surface area contributed by atoms with Gasteiger partial charge in [0.1, 0.15) is 5.82 Å². The minimum Gasteiger partial charge on any atom is -0.465 e. The molecule has 1 aromatic heterocycles. The topological polar surface area (TPSA) is 76.1 Å². The Morgan fingerprint density at radius 3 is 2.70 bits per heavy atom. The normalized spacial score (nSPS) is 10.3. The van der Waals surface area contributed by atoms with Crippen molar-refractivity contribution in [3.05, 3.63) is 75.9 Å². The van der Waals surface area contributed by atoms with Crippen LogP contribution in [0.25, 0.3) is 0 Å². The van der Waals surface area contributed by atoms with Crippen molar-refractivity contribution >= 4 is 39.4 Å². The fraction of sp³-hybridized carbons (Fsp3) is 0.150. The number of esters is 1. The molecule has 0 amide bonds. The summed E-state index contributed by atoms with van der Waals surface area (Å²) in [6.45, 7) is 2.62. The lowest BCUT2D eigenvalue weighted by molar-refractivity contribution is 0.0599. The first kappa shape index (κ1) is 18.8. The molecule has 0 fully saturated rings. The van der Waals surface area contributed by atoms with E-state index < -0.39 is 5.97 Å². The van der Waals surface area contributed by atoms with E-state index in [0.29, 0.717) is 28.2 Å². The molecule has 3 aromatic rings. The summed E-state index contributed by atoms with van der Waals surface area (Å²) in [5.74, 6) is 0.775. The van der Waals surface area contributed by atoms with E-state index in [2.05, 4.69) is 48.7 Å². The van der Waals surface area contributed by atoms with Gasteiger partial charge in [-0.3, -0.25) is 0 Å². The highest BCUT2D eigenvalue weighted by atomic mass is 79.9. The molecule has 27 heavy (non-hydrogen) atoms. The molecular formula is C20H19BrN4O2. The van der Waals surface area contributed by atoms with Crippen molar-refractivity contribution in [1.29, 1.82) is 0 Å². The molecule has 138 valence electrons. The quantitative estimate of drug-likeness (QED) is 0.556. The van der Waals surface area contributed by atoms with Crippen LogP contribution >= 0.6 is 15.9 Å². The van der Waals surface area contributed by atoms with Crippen LogP contribution in [-0.4, -0.2) is 23.0 Å². The Labute approximate surface area is 166 Å². The molecular weight excluding hydrogens is 408 g/mol. The Morgan fingerprint density at radius 1 is 1.19 bits per heavy atom. The Kier molecular flexibility index (Phi) is 6.03. The number of hydrogen-bond donors (Lipinski definition) is 2. The monoisotopic (exact) mass is 426 g/mol. The van der Waals surface area contributed by atoms with Crippen LogP contribution in [0.2, 0.25) is 0 Å². The molecule has 0 aliphatic rings. The highest BCUT2D eigenvalue weighted by Crippen LogP contribution is 2.24. The van der Waals surface area contributed by atoms with E-state index in [1.165, 1.54) is 12.7 Å². The van der Waals surface area contributed by atoms with E-state index >= 15 is 0 Å². The average molecular weight is 427 g/mol.